The van der Waals surface area contributed by atoms with Crippen LogP contribution in [0.2, 0.25) is 0 Å². The van der Waals surface area contributed by atoms with Crippen molar-refractivity contribution in [3.63, 3.8) is 0 Å². The number of nitrogens with two attached hydrogens (primary N) is 1. The first-order valence-corrected chi connectivity index (χ1v) is 7.18. The lowest BCUT2D eigenvalue weighted by Crippen LogP contribution is -2.50. The SMILES string of the molecule is Cc1cc(OC(C)C)ccc1NC(=O)C(C)(N)C1CC1. The molecule has 2 rings (SSSR count). The molecule has 1 aromatic rings. The van der Waals surface area contributed by atoms with E-state index in [9.17, 15) is 4.79 Å². The van der Waals surface area contributed by atoms with E-state index in [1.807, 2.05) is 45.9 Å². The molecule has 0 saturated heterocycles. The minimum Gasteiger partial charge on any atom is -0.491 e. The average molecular weight is 276 g/mol. The van der Waals surface area contributed by atoms with Crippen LogP contribution in [0.3, 0.4) is 0 Å². The smallest absolute Gasteiger partial charge is 0.244 e. The first-order chi connectivity index (χ1) is 9.30. The molecule has 1 amide bonds. The first kappa shape index (κ1) is 14.9. The van der Waals surface area contributed by atoms with Crippen LogP contribution in [0.25, 0.3) is 0 Å². The Balaban J connectivity index is 2.08. The Morgan fingerprint density at radius 2 is 2.10 bits per heavy atom. The van der Waals surface area contributed by atoms with Crippen molar-refractivity contribution in [3.05, 3.63) is 23.8 Å². The van der Waals surface area contributed by atoms with E-state index >= 15 is 0 Å². The van der Waals surface area contributed by atoms with Crippen LogP contribution in [0, 0.1) is 12.8 Å². The summed E-state index contributed by atoms with van der Waals surface area (Å²) in [7, 11) is 0. The Morgan fingerprint density at radius 1 is 1.45 bits per heavy atom. The van der Waals surface area contributed by atoms with Crippen LogP contribution in [0.15, 0.2) is 18.2 Å². The van der Waals surface area contributed by atoms with E-state index in [0.717, 1.165) is 29.8 Å². The maximum atomic E-state index is 12.3. The lowest BCUT2D eigenvalue weighted by Gasteiger charge is -2.24. The van der Waals surface area contributed by atoms with Gasteiger partial charge >= 0.3 is 0 Å². The molecule has 1 aliphatic carbocycles. The zero-order valence-electron chi connectivity index (χ0n) is 12.7. The molecule has 0 spiro atoms. The van der Waals surface area contributed by atoms with Crippen LogP contribution in [0.1, 0.15) is 39.2 Å². The number of hydrogen-bond donors (Lipinski definition) is 2. The average Bonchev–Trinajstić information content (AvgIpc) is 3.15. The monoisotopic (exact) mass is 276 g/mol. The van der Waals surface area contributed by atoms with Crippen LogP contribution in [-0.2, 0) is 4.79 Å². The standard InChI is InChI=1S/C16H24N2O2/c1-10(2)20-13-7-8-14(11(3)9-13)18-15(19)16(4,17)12-5-6-12/h7-10,12H,5-6,17H2,1-4H3,(H,18,19). The third-order valence-electron chi connectivity index (χ3n) is 3.73. The van der Waals surface area contributed by atoms with E-state index in [-0.39, 0.29) is 12.0 Å². The van der Waals surface area contributed by atoms with Crippen molar-refractivity contribution in [1.29, 1.82) is 0 Å². The van der Waals surface area contributed by atoms with Gasteiger partial charge in [-0.2, -0.15) is 0 Å². The number of carbonyl (C=O) groups is 1. The predicted octanol–water partition coefficient (Wildman–Crippen LogP) is 2.85. The van der Waals surface area contributed by atoms with Crippen molar-refractivity contribution in [2.45, 2.75) is 52.2 Å². The maximum Gasteiger partial charge on any atom is 0.244 e. The molecule has 0 aliphatic heterocycles. The molecule has 1 saturated carbocycles. The van der Waals surface area contributed by atoms with Gasteiger partial charge in [0, 0.05) is 5.69 Å². The molecule has 0 bridgehead atoms. The highest BCUT2D eigenvalue weighted by atomic mass is 16.5. The molecule has 1 atom stereocenters. The highest BCUT2D eigenvalue weighted by Gasteiger charge is 2.44. The van der Waals surface area contributed by atoms with Gasteiger partial charge in [-0.05, 0) is 70.2 Å². The van der Waals surface area contributed by atoms with Gasteiger partial charge in [-0.1, -0.05) is 0 Å². The molecular formula is C16H24N2O2. The summed E-state index contributed by atoms with van der Waals surface area (Å²) in [6.07, 6.45) is 2.22. The van der Waals surface area contributed by atoms with Crippen molar-refractivity contribution in [1.82, 2.24) is 0 Å². The van der Waals surface area contributed by atoms with Crippen LogP contribution in [0.4, 0.5) is 5.69 Å². The van der Waals surface area contributed by atoms with Gasteiger partial charge in [0.15, 0.2) is 0 Å². The molecule has 1 unspecified atom stereocenters. The summed E-state index contributed by atoms with van der Waals surface area (Å²) in [6, 6.07) is 5.67. The number of hydrogen-bond acceptors (Lipinski definition) is 3. The molecule has 1 aromatic carbocycles. The van der Waals surface area contributed by atoms with Crippen molar-refractivity contribution in [2.24, 2.45) is 11.7 Å². The Kier molecular flexibility index (Phi) is 4.04. The number of carbonyl (C=O) groups excluding carboxylic acids is 1. The number of benzene rings is 1. The van der Waals surface area contributed by atoms with E-state index in [1.165, 1.54) is 0 Å². The number of amides is 1. The highest BCUT2D eigenvalue weighted by molar-refractivity contribution is 5.98. The lowest BCUT2D eigenvalue weighted by molar-refractivity contribution is -0.121. The van der Waals surface area contributed by atoms with Gasteiger partial charge < -0.3 is 15.8 Å². The summed E-state index contributed by atoms with van der Waals surface area (Å²) < 4.78 is 5.63. The van der Waals surface area contributed by atoms with Gasteiger partial charge in [-0.25, -0.2) is 0 Å². The second kappa shape index (κ2) is 5.44. The number of aryl methyl sites for hydroxylation is 1. The first-order valence-electron chi connectivity index (χ1n) is 7.18. The molecule has 20 heavy (non-hydrogen) atoms. The van der Waals surface area contributed by atoms with Crippen LogP contribution >= 0.6 is 0 Å². The van der Waals surface area contributed by atoms with Crippen LogP contribution in [-0.4, -0.2) is 17.6 Å². The number of ether oxygens (including phenoxy) is 1. The van der Waals surface area contributed by atoms with Crippen molar-refractivity contribution < 1.29 is 9.53 Å². The predicted molar refractivity (Wildman–Crippen MR) is 80.9 cm³/mol. The molecule has 0 heterocycles. The van der Waals surface area contributed by atoms with E-state index in [2.05, 4.69) is 5.32 Å². The van der Waals surface area contributed by atoms with Gasteiger partial charge in [0.05, 0.1) is 11.6 Å². The van der Waals surface area contributed by atoms with E-state index in [0.29, 0.717) is 5.92 Å². The molecular weight excluding hydrogens is 252 g/mol. The third kappa shape index (κ3) is 3.31. The third-order valence-corrected chi connectivity index (χ3v) is 3.73. The Labute approximate surface area is 120 Å². The molecule has 1 fully saturated rings. The van der Waals surface area contributed by atoms with E-state index in [4.69, 9.17) is 10.5 Å². The highest BCUT2D eigenvalue weighted by Crippen LogP contribution is 2.38. The molecule has 3 N–H and O–H groups in total. The molecule has 0 radical (unpaired) electrons. The quantitative estimate of drug-likeness (QED) is 0.869. The van der Waals surface area contributed by atoms with Gasteiger partial charge in [-0.3, -0.25) is 4.79 Å². The van der Waals surface area contributed by atoms with E-state index < -0.39 is 5.54 Å². The van der Waals surface area contributed by atoms with Crippen molar-refractivity contribution in [2.75, 3.05) is 5.32 Å². The fourth-order valence-electron chi connectivity index (χ4n) is 2.25. The summed E-state index contributed by atoms with van der Waals surface area (Å²) in [6.45, 7) is 7.74. The normalized spacial score (nSPS) is 17.7. The summed E-state index contributed by atoms with van der Waals surface area (Å²) >= 11 is 0. The summed E-state index contributed by atoms with van der Waals surface area (Å²) in [4.78, 5) is 12.3. The number of rotatable bonds is 5. The Hall–Kier alpha value is -1.55. The topological polar surface area (TPSA) is 64.3 Å². The number of nitrogens with one attached hydrogen (secondary N) is 1. The van der Waals surface area contributed by atoms with Gasteiger partial charge in [0.25, 0.3) is 0 Å². The lowest BCUT2D eigenvalue weighted by atomic mass is 9.96. The fourth-order valence-corrected chi connectivity index (χ4v) is 2.25. The van der Waals surface area contributed by atoms with Gasteiger partial charge in [0.1, 0.15) is 5.75 Å². The minimum absolute atomic E-state index is 0.111. The summed E-state index contributed by atoms with van der Waals surface area (Å²) in [5.74, 6) is 1.01. The van der Waals surface area contributed by atoms with Crippen molar-refractivity contribution >= 4 is 11.6 Å². The molecule has 4 heteroatoms. The zero-order chi connectivity index (χ0) is 14.9. The summed E-state index contributed by atoms with van der Waals surface area (Å²) in [5, 5.41) is 2.93. The number of anilines is 1. The van der Waals surface area contributed by atoms with Crippen molar-refractivity contribution in [3.8, 4) is 5.75 Å². The second-order valence-corrected chi connectivity index (χ2v) is 6.15. The Bertz CT molecular complexity index is 505. The van der Waals surface area contributed by atoms with Crippen LogP contribution < -0.4 is 15.8 Å². The fraction of sp³-hybridized carbons (Fsp3) is 0.562. The molecule has 4 nitrogen and oxygen atoms in total. The summed E-state index contributed by atoms with van der Waals surface area (Å²) in [5.41, 5.74) is 7.11. The van der Waals surface area contributed by atoms with Gasteiger partial charge in [-0.15, -0.1) is 0 Å². The molecule has 1 aliphatic rings. The maximum absolute atomic E-state index is 12.3. The largest absolute Gasteiger partial charge is 0.491 e. The minimum atomic E-state index is -0.778. The molecule has 0 aromatic heterocycles. The molecule has 110 valence electrons. The van der Waals surface area contributed by atoms with Crippen LogP contribution in [0.5, 0.6) is 5.75 Å². The van der Waals surface area contributed by atoms with Gasteiger partial charge in [0.2, 0.25) is 5.91 Å². The zero-order valence-corrected chi connectivity index (χ0v) is 12.7. The Morgan fingerprint density at radius 3 is 2.60 bits per heavy atom. The second-order valence-electron chi connectivity index (χ2n) is 6.15. The van der Waals surface area contributed by atoms with E-state index in [1.54, 1.807) is 0 Å².